The number of aliphatic hydroxyl groups excluding tert-OH is 1. The molecule has 1 N–H and O–H groups in total. The average molecular weight is 277 g/mol. The topological polar surface area (TPSA) is 29.5 Å². The lowest BCUT2D eigenvalue weighted by Gasteiger charge is -2.22. The summed E-state index contributed by atoms with van der Waals surface area (Å²) in [6.07, 6.45) is 0.719. The third kappa shape index (κ3) is 2.08. The average Bonchev–Trinajstić information content (AvgIpc) is 2.84. The van der Waals surface area contributed by atoms with E-state index >= 15 is 0 Å². The summed E-state index contributed by atoms with van der Waals surface area (Å²) in [6.45, 7) is 0.967. The maximum atomic E-state index is 12.4. The quantitative estimate of drug-likeness (QED) is 0.910. The van der Waals surface area contributed by atoms with Crippen LogP contribution in [0.2, 0.25) is 5.02 Å². The van der Waals surface area contributed by atoms with Gasteiger partial charge in [0.15, 0.2) is 0 Å². The molecule has 0 saturated heterocycles. The summed E-state index contributed by atoms with van der Waals surface area (Å²) in [6, 6.07) is 4.53. The highest BCUT2D eigenvalue weighted by Gasteiger charge is 2.62. The molecule has 0 bridgehead atoms. The molecule has 1 aliphatic rings. The van der Waals surface area contributed by atoms with Crippen molar-refractivity contribution in [1.82, 2.24) is 0 Å². The van der Waals surface area contributed by atoms with E-state index in [0.717, 1.165) is 6.42 Å². The van der Waals surface area contributed by atoms with E-state index in [4.69, 9.17) is 11.6 Å². The van der Waals surface area contributed by atoms with Crippen LogP contribution in [0.5, 0.6) is 5.75 Å². The second-order valence-corrected chi connectivity index (χ2v) is 5.76. The van der Waals surface area contributed by atoms with Gasteiger partial charge in [-0.15, -0.1) is 0 Å². The molecule has 1 aliphatic carbocycles. The lowest BCUT2D eigenvalue weighted by molar-refractivity contribution is -0.0510. The van der Waals surface area contributed by atoms with E-state index in [-0.39, 0.29) is 17.8 Å². The van der Waals surface area contributed by atoms with Crippen molar-refractivity contribution >= 4 is 11.6 Å². The SMILES string of the molecule is CC1(C)CC1(CO)c1cc(Cl)ccc1OC(F)F. The van der Waals surface area contributed by atoms with Gasteiger partial charge in [-0.1, -0.05) is 25.4 Å². The maximum Gasteiger partial charge on any atom is 0.387 e. The van der Waals surface area contributed by atoms with Crippen LogP contribution in [0, 0.1) is 5.41 Å². The summed E-state index contributed by atoms with van der Waals surface area (Å²) in [5.74, 6) is 0.0917. The van der Waals surface area contributed by atoms with E-state index in [1.807, 2.05) is 13.8 Å². The Hall–Kier alpha value is -0.870. The number of aliphatic hydroxyl groups is 1. The molecule has 0 aliphatic heterocycles. The van der Waals surface area contributed by atoms with E-state index < -0.39 is 12.0 Å². The summed E-state index contributed by atoms with van der Waals surface area (Å²) in [5.41, 5.74) is -0.128. The molecular formula is C13H15ClF2O2. The fourth-order valence-electron chi connectivity index (χ4n) is 2.60. The summed E-state index contributed by atoms with van der Waals surface area (Å²) in [7, 11) is 0. The smallest absolute Gasteiger partial charge is 0.387 e. The Morgan fingerprint density at radius 2 is 2.06 bits per heavy atom. The van der Waals surface area contributed by atoms with Crippen molar-refractivity contribution in [2.45, 2.75) is 32.3 Å². The highest BCUT2D eigenvalue weighted by atomic mass is 35.5. The first-order valence-electron chi connectivity index (χ1n) is 5.68. The minimum absolute atomic E-state index is 0.0917. The number of halogens is 3. The van der Waals surface area contributed by atoms with Crippen molar-refractivity contribution in [3.05, 3.63) is 28.8 Å². The van der Waals surface area contributed by atoms with E-state index in [2.05, 4.69) is 4.74 Å². The normalized spacial score (nSPS) is 25.3. The van der Waals surface area contributed by atoms with E-state index in [1.54, 1.807) is 6.07 Å². The van der Waals surface area contributed by atoms with Crippen LogP contribution >= 0.6 is 11.6 Å². The molecule has 1 fully saturated rings. The van der Waals surface area contributed by atoms with Crippen molar-refractivity contribution in [2.75, 3.05) is 6.61 Å². The fraction of sp³-hybridized carbons (Fsp3) is 0.538. The van der Waals surface area contributed by atoms with Crippen molar-refractivity contribution in [3.63, 3.8) is 0 Å². The molecule has 0 spiro atoms. The molecule has 1 atom stereocenters. The number of rotatable bonds is 4. The molecule has 0 aromatic heterocycles. The molecule has 0 amide bonds. The Bertz CT molecular complexity index is 462. The zero-order valence-corrected chi connectivity index (χ0v) is 11.0. The van der Waals surface area contributed by atoms with Crippen molar-refractivity contribution in [2.24, 2.45) is 5.41 Å². The van der Waals surface area contributed by atoms with Crippen molar-refractivity contribution in [1.29, 1.82) is 0 Å². The molecule has 2 nitrogen and oxygen atoms in total. The van der Waals surface area contributed by atoms with Crippen LogP contribution in [0.3, 0.4) is 0 Å². The molecule has 100 valence electrons. The first kappa shape index (κ1) is 13.6. The number of hydrogen-bond acceptors (Lipinski definition) is 2. The van der Waals surface area contributed by atoms with Gasteiger partial charge in [-0.3, -0.25) is 0 Å². The second-order valence-electron chi connectivity index (χ2n) is 5.32. The Morgan fingerprint density at radius 3 is 2.50 bits per heavy atom. The summed E-state index contributed by atoms with van der Waals surface area (Å²) in [4.78, 5) is 0. The molecular weight excluding hydrogens is 262 g/mol. The van der Waals surface area contributed by atoms with E-state index in [1.165, 1.54) is 12.1 Å². The third-order valence-corrected chi connectivity index (χ3v) is 4.09. The molecule has 5 heteroatoms. The van der Waals surface area contributed by atoms with Gasteiger partial charge in [0.2, 0.25) is 0 Å². The predicted octanol–water partition coefficient (Wildman–Crippen LogP) is 3.60. The van der Waals surface area contributed by atoms with Crippen LogP contribution in [-0.2, 0) is 5.41 Å². The zero-order chi connectivity index (χ0) is 13.6. The predicted molar refractivity (Wildman–Crippen MR) is 65.2 cm³/mol. The van der Waals surface area contributed by atoms with Crippen LogP contribution < -0.4 is 4.74 Å². The minimum Gasteiger partial charge on any atom is -0.435 e. The Balaban J connectivity index is 2.46. The number of ether oxygens (including phenoxy) is 1. The number of hydrogen-bond donors (Lipinski definition) is 1. The molecule has 18 heavy (non-hydrogen) atoms. The highest BCUT2D eigenvalue weighted by molar-refractivity contribution is 6.30. The van der Waals surface area contributed by atoms with Gasteiger partial charge in [-0.25, -0.2) is 0 Å². The first-order valence-corrected chi connectivity index (χ1v) is 6.06. The summed E-state index contributed by atoms with van der Waals surface area (Å²) >= 11 is 5.91. The number of benzene rings is 1. The van der Waals surface area contributed by atoms with Crippen LogP contribution in [0.15, 0.2) is 18.2 Å². The van der Waals surface area contributed by atoms with Gasteiger partial charge in [-0.2, -0.15) is 8.78 Å². The molecule has 1 aromatic carbocycles. The van der Waals surface area contributed by atoms with Crippen LogP contribution in [0.25, 0.3) is 0 Å². The van der Waals surface area contributed by atoms with Crippen LogP contribution in [0.4, 0.5) is 8.78 Å². The van der Waals surface area contributed by atoms with Gasteiger partial charge in [0, 0.05) is 16.0 Å². The van der Waals surface area contributed by atoms with Crippen molar-refractivity contribution in [3.8, 4) is 5.75 Å². The van der Waals surface area contributed by atoms with Gasteiger partial charge < -0.3 is 9.84 Å². The van der Waals surface area contributed by atoms with E-state index in [9.17, 15) is 13.9 Å². The van der Waals surface area contributed by atoms with Gasteiger partial charge in [0.1, 0.15) is 5.75 Å². The Labute approximate surface area is 110 Å². The van der Waals surface area contributed by atoms with Gasteiger partial charge >= 0.3 is 6.61 Å². The lowest BCUT2D eigenvalue weighted by Crippen LogP contribution is -2.21. The molecule has 2 rings (SSSR count). The monoisotopic (exact) mass is 276 g/mol. The van der Waals surface area contributed by atoms with E-state index in [0.29, 0.717) is 10.6 Å². The first-order chi connectivity index (χ1) is 8.32. The minimum atomic E-state index is -2.89. The van der Waals surface area contributed by atoms with Gasteiger partial charge in [-0.05, 0) is 30.0 Å². The molecule has 0 radical (unpaired) electrons. The maximum absolute atomic E-state index is 12.4. The van der Waals surface area contributed by atoms with Crippen LogP contribution in [-0.4, -0.2) is 18.3 Å². The fourth-order valence-corrected chi connectivity index (χ4v) is 2.77. The highest BCUT2D eigenvalue weighted by Crippen LogP contribution is 2.65. The second kappa shape index (κ2) is 4.35. The van der Waals surface area contributed by atoms with Gasteiger partial charge in [0.05, 0.1) is 6.61 Å². The Morgan fingerprint density at radius 1 is 1.44 bits per heavy atom. The number of alkyl halides is 2. The molecule has 1 aromatic rings. The largest absolute Gasteiger partial charge is 0.435 e. The molecule has 1 saturated carbocycles. The van der Waals surface area contributed by atoms with Gasteiger partial charge in [0.25, 0.3) is 0 Å². The molecule has 0 heterocycles. The molecule has 1 unspecified atom stereocenters. The summed E-state index contributed by atoms with van der Waals surface area (Å²) < 4.78 is 29.3. The lowest BCUT2D eigenvalue weighted by atomic mass is 9.88. The van der Waals surface area contributed by atoms with Crippen molar-refractivity contribution < 1.29 is 18.6 Å². The third-order valence-electron chi connectivity index (χ3n) is 3.86. The zero-order valence-electron chi connectivity index (χ0n) is 10.2. The van der Waals surface area contributed by atoms with Crippen LogP contribution in [0.1, 0.15) is 25.8 Å². The summed E-state index contributed by atoms with van der Waals surface area (Å²) in [5, 5.41) is 10.1. The Kier molecular flexibility index (Phi) is 3.28. The standard InChI is InChI=1S/C13H15ClF2O2/c1-12(2)6-13(12,7-17)9-5-8(14)3-4-10(9)18-11(15)16/h3-5,11,17H,6-7H2,1-2H3.